The lowest BCUT2D eigenvalue weighted by Crippen LogP contribution is -2.30. The van der Waals surface area contributed by atoms with Crippen LogP contribution in [0.5, 0.6) is 5.75 Å². The molecule has 1 aliphatic rings. The number of hydrogen-bond donors (Lipinski definition) is 1. The molecule has 4 nitrogen and oxygen atoms in total. The molecule has 1 heterocycles. The molecule has 0 atom stereocenters. The fourth-order valence-corrected chi connectivity index (χ4v) is 2.73. The second-order valence-electron chi connectivity index (χ2n) is 4.88. The monoisotopic (exact) mass is 344 g/mol. The minimum absolute atomic E-state index is 0.215. The number of thiocarbonyl (C=S) groups is 1. The average Bonchev–Trinajstić information content (AvgIpc) is 2.82. The summed E-state index contributed by atoms with van der Waals surface area (Å²) >= 11 is 11.3. The van der Waals surface area contributed by atoms with Crippen LogP contribution in [0.3, 0.4) is 0 Å². The van der Waals surface area contributed by atoms with E-state index in [2.05, 4.69) is 5.32 Å². The first-order chi connectivity index (χ1) is 11.1. The molecule has 0 saturated carbocycles. The normalized spacial score (nSPS) is 15.9. The lowest BCUT2D eigenvalue weighted by atomic mass is 10.2. The van der Waals surface area contributed by atoms with Gasteiger partial charge < -0.3 is 10.1 Å². The Morgan fingerprint density at radius 3 is 2.61 bits per heavy atom. The van der Waals surface area contributed by atoms with E-state index in [4.69, 9.17) is 28.6 Å². The van der Waals surface area contributed by atoms with Crippen molar-refractivity contribution in [2.75, 3.05) is 12.0 Å². The number of benzene rings is 2. The Balaban J connectivity index is 1.89. The Morgan fingerprint density at radius 1 is 1.22 bits per heavy atom. The predicted molar refractivity (Wildman–Crippen MR) is 95.6 cm³/mol. The van der Waals surface area contributed by atoms with Gasteiger partial charge in [0.15, 0.2) is 5.11 Å². The van der Waals surface area contributed by atoms with Crippen LogP contribution in [0.15, 0.2) is 54.2 Å². The summed E-state index contributed by atoms with van der Waals surface area (Å²) in [5.41, 5.74) is 1.93. The Kier molecular flexibility index (Phi) is 4.32. The summed E-state index contributed by atoms with van der Waals surface area (Å²) in [5, 5.41) is 3.82. The van der Waals surface area contributed by atoms with Gasteiger partial charge in [0.2, 0.25) is 0 Å². The third kappa shape index (κ3) is 3.21. The minimum Gasteiger partial charge on any atom is -0.497 e. The fraction of sp³-hybridized carbons (Fsp3) is 0.0588. The van der Waals surface area contributed by atoms with Gasteiger partial charge in [0, 0.05) is 5.02 Å². The molecule has 23 heavy (non-hydrogen) atoms. The van der Waals surface area contributed by atoms with Crippen molar-refractivity contribution in [2.24, 2.45) is 0 Å². The van der Waals surface area contributed by atoms with Crippen LogP contribution in [-0.4, -0.2) is 18.1 Å². The van der Waals surface area contributed by atoms with Crippen molar-refractivity contribution >= 4 is 46.6 Å². The lowest BCUT2D eigenvalue weighted by molar-refractivity contribution is -0.113. The number of nitrogens with one attached hydrogen (secondary N) is 1. The summed E-state index contributed by atoms with van der Waals surface area (Å²) in [6.07, 6.45) is 1.75. The quantitative estimate of drug-likeness (QED) is 0.682. The smallest absolute Gasteiger partial charge is 0.281 e. The van der Waals surface area contributed by atoms with Crippen molar-refractivity contribution in [1.29, 1.82) is 0 Å². The number of nitrogens with zero attached hydrogens (tertiary/aromatic N) is 1. The van der Waals surface area contributed by atoms with Gasteiger partial charge in [-0.05, 0) is 54.2 Å². The topological polar surface area (TPSA) is 41.6 Å². The van der Waals surface area contributed by atoms with Crippen molar-refractivity contribution in [3.05, 3.63) is 64.8 Å². The Hall–Kier alpha value is -2.37. The van der Waals surface area contributed by atoms with E-state index < -0.39 is 0 Å². The molecule has 1 saturated heterocycles. The zero-order valence-electron chi connectivity index (χ0n) is 12.2. The number of halogens is 1. The minimum atomic E-state index is -0.215. The Bertz CT molecular complexity index is 802. The molecule has 2 aromatic rings. The first-order valence-electron chi connectivity index (χ1n) is 6.85. The number of carbonyl (C=O) groups excluding carboxylic acids is 1. The number of carbonyl (C=O) groups is 1. The van der Waals surface area contributed by atoms with Crippen LogP contribution in [0, 0.1) is 0 Å². The summed E-state index contributed by atoms with van der Waals surface area (Å²) in [6.45, 7) is 0. The van der Waals surface area contributed by atoms with E-state index in [1.54, 1.807) is 37.5 Å². The maximum absolute atomic E-state index is 12.6. The van der Waals surface area contributed by atoms with Crippen molar-refractivity contribution < 1.29 is 9.53 Å². The van der Waals surface area contributed by atoms with Gasteiger partial charge in [-0.15, -0.1) is 0 Å². The van der Waals surface area contributed by atoms with Crippen LogP contribution in [0.4, 0.5) is 5.69 Å². The molecular formula is C17H13ClN2O2S. The highest BCUT2D eigenvalue weighted by Crippen LogP contribution is 2.25. The van der Waals surface area contributed by atoms with Crippen molar-refractivity contribution in [1.82, 2.24) is 5.32 Å². The van der Waals surface area contributed by atoms with Gasteiger partial charge in [-0.2, -0.15) is 0 Å². The molecule has 0 unspecified atom stereocenters. The van der Waals surface area contributed by atoms with Crippen LogP contribution in [0.1, 0.15) is 5.56 Å². The zero-order chi connectivity index (χ0) is 16.4. The molecule has 116 valence electrons. The van der Waals surface area contributed by atoms with E-state index in [1.165, 1.54) is 4.90 Å². The Labute approximate surface area is 144 Å². The summed E-state index contributed by atoms with van der Waals surface area (Å²) in [4.78, 5) is 14.0. The SMILES string of the molecule is COc1ccc(/C=C2\NC(=S)N(c3cccc(Cl)c3)C2=O)cc1. The van der Waals surface area contributed by atoms with Gasteiger partial charge in [-0.3, -0.25) is 9.69 Å². The van der Waals surface area contributed by atoms with E-state index in [9.17, 15) is 4.79 Å². The molecule has 1 N–H and O–H groups in total. The summed E-state index contributed by atoms with van der Waals surface area (Å²) in [6, 6.07) is 14.4. The number of rotatable bonds is 3. The van der Waals surface area contributed by atoms with Crippen molar-refractivity contribution in [3.8, 4) is 5.75 Å². The van der Waals surface area contributed by atoms with E-state index in [0.717, 1.165) is 11.3 Å². The molecule has 2 aromatic carbocycles. The highest BCUT2D eigenvalue weighted by molar-refractivity contribution is 7.80. The molecule has 1 amide bonds. The standard InChI is InChI=1S/C17H13ClN2O2S/c1-22-14-7-5-11(6-8-14)9-15-16(21)20(17(23)19-15)13-4-2-3-12(18)10-13/h2-10H,1H3,(H,19,23)/b15-9-. The van der Waals surface area contributed by atoms with Crippen LogP contribution >= 0.6 is 23.8 Å². The van der Waals surface area contributed by atoms with Crippen LogP contribution in [-0.2, 0) is 4.79 Å². The maximum Gasteiger partial charge on any atom is 0.281 e. The fourth-order valence-electron chi connectivity index (χ4n) is 2.25. The van der Waals surface area contributed by atoms with Crippen LogP contribution < -0.4 is 15.0 Å². The van der Waals surface area contributed by atoms with Gasteiger partial charge in [0.25, 0.3) is 5.91 Å². The largest absolute Gasteiger partial charge is 0.497 e. The number of ether oxygens (including phenoxy) is 1. The number of methoxy groups -OCH3 is 1. The molecule has 1 aliphatic heterocycles. The molecule has 0 aliphatic carbocycles. The highest BCUT2D eigenvalue weighted by atomic mass is 35.5. The number of hydrogen-bond acceptors (Lipinski definition) is 3. The summed E-state index contributed by atoms with van der Waals surface area (Å²) in [5.74, 6) is 0.544. The van der Waals surface area contributed by atoms with Gasteiger partial charge in [-0.1, -0.05) is 29.8 Å². The predicted octanol–water partition coefficient (Wildman–Crippen LogP) is 3.61. The molecule has 3 rings (SSSR count). The van der Waals surface area contributed by atoms with Crippen LogP contribution in [0.25, 0.3) is 6.08 Å². The van der Waals surface area contributed by atoms with Gasteiger partial charge in [0.05, 0.1) is 12.8 Å². The third-order valence-electron chi connectivity index (χ3n) is 3.37. The first-order valence-corrected chi connectivity index (χ1v) is 7.64. The number of amides is 1. The zero-order valence-corrected chi connectivity index (χ0v) is 13.8. The summed E-state index contributed by atoms with van der Waals surface area (Å²) < 4.78 is 5.12. The second kappa shape index (κ2) is 6.40. The highest BCUT2D eigenvalue weighted by Gasteiger charge is 2.31. The van der Waals surface area contributed by atoms with E-state index >= 15 is 0 Å². The van der Waals surface area contributed by atoms with Crippen molar-refractivity contribution in [2.45, 2.75) is 0 Å². The van der Waals surface area contributed by atoms with Crippen molar-refractivity contribution in [3.63, 3.8) is 0 Å². The van der Waals surface area contributed by atoms with E-state index in [-0.39, 0.29) is 5.91 Å². The average molecular weight is 345 g/mol. The molecule has 0 aromatic heterocycles. The maximum atomic E-state index is 12.6. The van der Waals surface area contributed by atoms with Gasteiger partial charge in [0.1, 0.15) is 11.4 Å². The molecule has 0 spiro atoms. The van der Waals surface area contributed by atoms with E-state index in [0.29, 0.717) is 21.5 Å². The lowest BCUT2D eigenvalue weighted by Gasteiger charge is -2.13. The molecule has 0 radical (unpaired) electrons. The third-order valence-corrected chi connectivity index (χ3v) is 3.89. The van der Waals surface area contributed by atoms with Crippen LogP contribution in [0.2, 0.25) is 5.02 Å². The summed E-state index contributed by atoms with van der Waals surface area (Å²) in [7, 11) is 1.61. The molecule has 1 fully saturated rings. The van der Waals surface area contributed by atoms with E-state index in [1.807, 2.05) is 24.3 Å². The van der Waals surface area contributed by atoms with Gasteiger partial charge in [-0.25, -0.2) is 0 Å². The second-order valence-corrected chi connectivity index (χ2v) is 5.70. The Morgan fingerprint density at radius 2 is 1.96 bits per heavy atom. The molecular weight excluding hydrogens is 332 g/mol. The first kappa shape index (κ1) is 15.5. The molecule has 6 heteroatoms. The number of anilines is 1. The molecule has 0 bridgehead atoms. The van der Waals surface area contributed by atoms with Gasteiger partial charge >= 0.3 is 0 Å².